The molecule has 25 heteroatoms. The molecular weight excluding hydrogens is 969 g/mol. The second kappa shape index (κ2) is 38.8. The zero-order chi connectivity index (χ0) is 56.2. The fourth-order valence-corrected chi connectivity index (χ4v) is 5.24. The van der Waals surface area contributed by atoms with E-state index in [0.29, 0.717) is 82.5 Å². The molecule has 0 unspecified atom stereocenters. The zero-order valence-corrected chi connectivity index (χ0v) is 47.1. The Balaban J connectivity index is -0.000000287. The maximum atomic E-state index is 12.6. The highest BCUT2D eigenvalue weighted by Crippen LogP contribution is 2.41. The summed E-state index contributed by atoms with van der Waals surface area (Å²) in [6.07, 6.45) is 0.804. The van der Waals surface area contributed by atoms with Crippen LogP contribution in [0.15, 0.2) is 0 Å². The fourth-order valence-electron chi connectivity index (χ4n) is 4.64. The van der Waals surface area contributed by atoms with E-state index in [-0.39, 0.29) is 55.0 Å². The van der Waals surface area contributed by atoms with E-state index in [1.54, 1.807) is 83.1 Å². The van der Waals surface area contributed by atoms with E-state index in [9.17, 15) is 43.2 Å². The molecule has 6 amide bonds. The summed E-state index contributed by atoms with van der Waals surface area (Å²) >= 11 is 11.6. The van der Waals surface area contributed by atoms with Gasteiger partial charge in [-0.2, -0.15) is 37.9 Å². The number of carboxylic acid groups (broad SMARTS) is 1. The van der Waals surface area contributed by atoms with Crippen molar-refractivity contribution in [3.05, 3.63) is 0 Å². The average Bonchev–Trinajstić information content (AvgIpc) is 3.29. The van der Waals surface area contributed by atoms with Crippen molar-refractivity contribution in [1.29, 1.82) is 0 Å². The Morgan fingerprint density at radius 1 is 0.386 bits per heavy atom. The molecule has 0 saturated carbocycles. The molecule has 0 radical (unpaired) electrons. The van der Waals surface area contributed by atoms with Crippen LogP contribution in [0.2, 0.25) is 0 Å². The van der Waals surface area contributed by atoms with Crippen LogP contribution in [0.3, 0.4) is 0 Å². The summed E-state index contributed by atoms with van der Waals surface area (Å²) in [7, 11) is 2.61. The number of ether oxygens (including phenoxy) is 2. The van der Waals surface area contributed by atoms with Gasteiger partial charge < -0.3 is 69.4 Å². The number of nitrogens with one attached hydrogen (secondary N) is 6. The van der Waals surface area contributed by atoms with Crippen molar-refractivity contribution in [3.8, 4) is 0 Å². The van der Waals surface area contributed by atoms with Crippen molar-refractivity contribution >= 4 is 91.2 Å². The Morgan fingerprint density at radius 2 is 0.614 bits per heavy atom. The molecule has 0 spiro atoms. The summed E-state index contributed by atoms with van der Waals surface area (Å²) in [6.45, 7) is 24.4. The number of carboxylic acids is 1. The maximum absolute atomic E-state index is 12.6. The SMILES string of the molecule is CC(C)(C(=O)NCCN)C(C)(C)C(=O)NCCN.CC(C)(C(=O)NCCNC(=O)CCS)C(C)(C)C(=O)NCCNC(=O)CCS.COC(=O)C(C)(C)C(C)(C)C(=O)OC.NCCN.O=C(O)CCS. The standard InChI is InChI=1S/C18H34N4O4S2.C12H26N4O2.C10H18O4.C3H6O2S.C2H8N2/c1-17(2,15(25)21-9-7-19-13(23)5-11-27)18(3,4)16(26)22-10-8-20-14(24)6-12-28;1-11(2,9(17)15-7-5-13)12(3,4)10(18)16-8-6-14;1-9(2,7(11)13-5)10(3,4)8(12)14-6;4-3(5)1-2-6;3-1-2-4/h27-28H,5-12H2,1-4H3,(H,19,23)(H,20,24)(H,21,25)(H,22,26);5-8,13-14H2,1-4H3,(H,15,17)(H,16,18);1-6H3;6H,1-2H2,(H,4,5);1-4H2. The van der Waals surface area contributed by atoms with Gasteiger partial charge in [-0.1, -0.05) is 55.4 Å². The van der Waals surface area contributed by atoms with Gasteiger partial charge in [-0.05, 0) is 39.2 Å². The molecule has 412 valence electrons. The maximum Gasteiger partial charge on any atom is 0.312 e. The minimum absolute atomic E-state index is 0.121. The van der Waals surface area contributed by atoms with Crippen molar-refractivity contribution in [2.75, 3.05) is 96.9 Å². The molecule has 15 N–H and O–H groups in total. The minimum atomic E-state index is -0.985. The number of rotatable bonds is 26. The molecule has 22 nitrogen and oxygen atoms in total. The lowest BCUT2D eigenvalue weighted by atomic mass is 9.66. The Morgan fingerprint density at radius 3 is 0.786 bits per heavy atom. The van der Waals surface area contributed by atoms with Crippen LogP contribution in [-0.4, -0.2) is 155 Å². The molecule has 0 aliphatic rings. The number of esters is 2. The van der Waals surface area contributed by atoms with Crippen LogP contribution in [0.1, 0.15) is 102 Å². The van der Waals surface area contributed by atoms with Crippen LogP contribution in [0.4, 0.5) is 0 Å². The molecule has 0 aliphatic carbocycles. The van der Waals surface area contributed by atoms with Gasteiger partial charge in [0.05, 0.1) is 53.1 Å². The first-order valence-corrected chi connectivity index (χ1v) is 24.7. The summed E-state index contributed by atoms with van der Waals surface area (Å²) in [5, 5.41) is 24.2. The van der Waals surface area contributed by atoms with Crippen molar-refractivity contribution in [3.63, 3.8) is 0 Å². The van der Waals surface area contributed by atoms with Crippen LogP contribution in [0.5, 0.6) is 0 Å². The third-order valence-electron chi connectivity index (χ3n) is 11.8. The van der Waals surface area contributed by atoms with Crippen LogP contribution in [0.25, 0.3) is 0 Å². The van der Waals surface area contributed by atoms with Gasteiger partial charge in [-0.3, -0.25) is 43.2 Å². The first-order chi connectivity index (χ1) is 32.1. The van der Waals surface area contributed by atoms with Gasteiger partial charge in [0.2, 0.25) is 35.4 Å². The molecule has 0 aromatic heterocycles. The van der Waals surface area contributed by atoms with E-state index in [4.69, 9.17) is 28.0 Å². The van der Waals surface area contributed by atoms with Gasteiger partial charge in [-0.15, -0.1) is 0 Å². The molecular formula is C45H92N10O12S3. The predicted octanol–water partition coefficient (Wildman–Crippen LogP) is 0.0115. The molecule has 70 heavy (non-hydrogen) atoms. The molecule has 0 rings (SSSR count). The second-order valence-electron chi connectivity index (χ2n) is 18.4. The van der Waals surface area contributed by atoms with Gasteiger partial charge in [0.15, 0.2) is 0 Å². The largest absolute Gasteiger partial charge is 0.481 e. The lowest BCUT2D eigenvalue weighted by molar-refractivity contribution is -0.172. The lowest BCUT2D eigenvalue weighted by Gasteiger charge is -2.38. The normalized spacial score (nSPS) is 11.3. The first-order valence-electron chi connectivity index (χ1n) is 22.8. The number of carbonyl (C=O) groups excluding carboxylic acids is 8. The number of methoxy groups -OCH3 is 2. The number of carbonyl (C=O) groups is 9. The van der Waals surface area contributed by atoms with E-state index in [1.807, 2.05) is 0 Å². The molecule has 0 fully saturated rings. The van der Waals surface area contributed by atoms with E-state index >= 15 is 0 Å². The van der Waals surface area contributed by atoms with Crippen molar-refractivity contribution < 1.29 is 57.7 Å². The molecule has 0 aliphatic heterocycles. The van der Waals surface area contributed by atoms with E-state index in [0.717, 1.165) is 0 Å². The van der Waals surface area contributed by atoms with Gasteiger partial charge in [0, 0.05) is 84.0 Å². The number of hydrogen-bond donors (Lipinski definition) is 14. The number of amides is 6. The highest BCUT2D eigenvalue weighted by atomic mass is 32.1. The van der Waals surface area contributed by atoms with E-state index in [2.05, 4.69) is 79.3 Å². The highest BCUT2D eigenvalue weighted by molar-refractivity contribution is 7.80. The van der Waals surface area contributed by atoms with Crippen molar-refractivity contribution in [1.82, 2.24) is 31.9 Å². The quantitative estimate of drug-likeness (QED) is 0.0308. The van der Waals surface area contributed by atoms with Gasteiger partial charge in [0.25, 0.3) is 0 Å². The topological polar surface area (TPSA) is 369 Å². The molecule has 0 atom stereocenters. The summed E-state index contributed by atoms with van der Waals surface area (Å²) in [4.78, 5) is 105. The number of thiol groups is 3. The summed E-state index contributed by atoms with van der Waals surface area (Å²) in [6, 6.07) is 0. The zero-order valence-electron chi connectivity index (χ0n) is 44.4. The minimum Gasteiger partial charge on any atom is -0.481 e. The summed E-state index contributed by atoms with van der Waals surface area (Å²) < 4.78 is 9.30. The first kappa shape index (κ1) is 75.1. The third-order valence-corrected chi connectivity index (χ3v) is 12.5. The Labute approximate surface area is 433 Å². The van der Waals surface area contributed by atoms with E-state index < -0.39 is 50.4 Å². The van der Waals surface area contributed by atoms with Crippen molar-refractivity contribution in [2.24, 2.45) is 55.4 Å². The van der Waals surface area contributed by atoms with Gasteiger partial charge in [0.1, 0.15) is 0 Å². The van der Waals surface area contributed by atoms with Gasteiger partial charge in [-0.25, -0.2) is 0 Å². The summed E-state index contributed by atoms with van der Waals surface area (Å²) in [5.74, 6) is -1.44. The fraction of sp³-hybridized carbons (Fsp3) is 0.800. The predicted molar refractivity (Wildman–Crippen MR) is 284 cm³/mol. The Hall–Kier alpha value is -3.88. The number of aliphatic carboxylic acids is 1. The molecule has 0 heterocycles. The van der Waals surface area contributed by atoms with Crippen LogP contribution in [-0.2, 0) is 52.6 Å². The average molecular weight is 1060 g/mol. The molecule has 0 saturated heterocycles. The van der Waals surface area contributed by atoms with Crippen LogP contribution >= 0.6 is 37.9 Å². The highest BCUT2D eigenvalue weighted by Gasteiger charge is 2.51. The van der Waals surface area contributed by atoms with Crippen LogP contribution < -0.4 is 54.8 Å². The molecule has 0 bridgehead atoms. The van der Waals surface area contributed by atoms with Crippen molar-refractivity contribution in [2.45, 2.75) is 102 Å². The number of hydrogen-bond acceptors (Lipinski definition) is 18. The molecule has 0 aromatic carbocycles. The van der Waals surface area contributed by atoms with Crippen LogP contribution in [0, 0.1) is 32.5 Å². The summed E-state index contributed by atoms with van der Waals surface area (Å²) in [5.41, 5.74) is 15.0. The lowest BCUT2D eigenvalue weighted by Crippen LogP contribution is -2.54. The monoisotopic (exact) mass is 1060 g/mol. The second-order valence-corrected chi connectivity index (χ2v) is 19.8. The Kier molecular flexibility index (Phi) is 41.6. The van der Waals surface area contributed by atoms with E-state index in [1.165, 1.54) is 14.2 Å². The third kappa shape index (κ3) is 28.2. The van der Waals surface area contributed by atoms with Gasteiger partial charge >= 0.3 is 17.9 Å². The smallest absolute Gasteiger partial charge is 0.312 e. The molecule has 0 aromatic rings. The Bertz CT molecular complexity index is 1490. The number of nitrogens with two attached hydrogens (primary N) is 4.